The summed E-state index contributed by atoms with van der Waals surface area (Å²) in [5.74, 6) is 0. The summed E-state index contributed by atoms with van der Waals surface area (Å²) in [6, 6.07) is 3.19. The van der Waals surface area contributed by atoms with Crippen LogP contribution in [-0.2, 0) is 9.26 Å². The maximum atomic E-state index is 7.99. The minimum absolute atomic E-state index is 0.242. The van der Waals surface area contributed by atoms with Crippen LogP contribution >= 0.6 is 9.47 Å². The van der Waals surface area contributed by atoms with Crippen LogP contribution in [0.5, 0.6) is 0 Å². The first-order valence-corrected chi connectivity index (χ1v) is 5.54. The molecule has 4 nitrogen and oxygen atoms in total. The maximum absolute atomic E-state index is 7.99. The summed E-state index contributed by atoms with van der Waals surface area (Å²) in [5, 5.41) is 11.3. The molecule has 0 aliphatic heterocycles. The Morgan fingerprint density at radius 1 is 1.27 bits per heavy atom. The minimum Gasteiger partial charge on any atom is -0.354 e. The fourth-order valence-corrected chi connectivity index (χ4v) is 0.988. The van der Waals surface area contributed by atoms with Crippen molar-refractivity contribution in [3.8, 4) is 6.07 Å². The summed E-state index contributed by atoms with van der Waals surface area (Å²) in [6.45, 7) is 9.30. The lowest BCUT2D eigenvalue weighted by Crippen LogP contribution is -2.29. The first kappa shape index (κ1) is 17.2. The summed E-state index contributed by atoms with van der Waals surface area (Å²) >= 11 is 0. The van der Waals surface area contributed by atoms with Crippen molar-refractivity contribution in [3.05, 3.63) is 0 Å². The average molecular weight is 234 g/mol. The molecule has 0 bridgehead atoms. The van der Waals surface area contributed by atoms with Crippen molar-refractivity contribution in [1.29, 1.82) is 5.26 Å². The van der Waals surface area contributed by atoms with Crippen molar-refractivity contribution in [1.82, 2.24) is 5.32 Å². The molecule has 0 rings (SSSR count). The molecular formula is C10H23N2O2P. The van der Waals surface area contributed by atoms with Gasteiger partial charge in [-0.3, -0.25) is 0 Å². The van der Waals surface area contributed by atoms with Crippen LogP contribution in [0.25, 0.3) is 0 Å². The Balaban J connectivity index is 0. The Morgan fingerprint density at radius 2 is 1.80 bits per heavy atom. The number of rotatable bonds is 6. The van der Waals surface area contributed by atoms with Crippen LogP contribution in [0.1, 0.15) is 34.1 Å². The lowest BCUT2D eigenvalue weighted by molar-refractivity contribution is 0.0300. The van der Waals surface area contributed by atoms with Crippen LogP contribution in [0.4, 0.5) is 0 Å². The molecule has 1 atom stereocenters. The zero-order valence-electron chi connectivity index (χ0n) is 10.1. The van der Waals surface area contributed by atoms with E-state index in [4.69, 9.17) is 10.00 Å². The van der Waals surface area contributed by atoms with Gasteiger partial charge in [-0.25, -0.2) is 0 Å². The van der Waals surface area contributed by atoms with Gasteiger partial charge in [0, 0.05) is 21.6 Å². The number of hydrogen-bond donors (Lipinski definition) is 1. The topological polar surface area (TPSA) is 54.3 Å². The lowest BCUT2D eigenvalue weighted by atomic mass is 10.3. The second kappa shape index (κ2) is 13.8. The fraction of sp³-hybridized carbons (Fsp3) is 0.900. The highest BCUT2D eigenvalue weighted by Gasteiger charge is 1.92. The van der Waals surface area contributed by atoms with E-state index in [1.807, 2.05) is 6.07 Å². The number of nitrogens with zero attached hydrogens (tertiary/aromatic N) is 1. The Morgan fingerprint density at radius 3 is 2.07 bits per heavy atom. The van der Waals surface area contributed by atoms with E-state index in [9.17, 15) is 0 Å². The summed E-state index contributed by atoms with van der Waals surface area (Å²) < 4.78 is 9.23. The molecule has 0 radical (unpaired) electrons. The quantitative estimate of drug-likeness (QED) is 0.434. The van der Waals surface area contributed by atoms with E-state index in [1.165, 1.54) is 0 Å². The van der Waals surface area contributed by atoms with Gasteiger partial charge in [0.15, 0.2) is 0 Å². The third-order valence-corrected chi connectivity index (χ3v) is 1.31. The largest absolute Gasteiger partial charge is 0.354 e. The van der Waals surface area contributed by atoms with E-state index in [0.717, 1.165) is 0 Å². The van der Waals surface area contributed by atoms with Gasteiger partial charge in [-0.15, -0.1) is 0 Å². The summed E-state index contributed by atoms with van der Waals surface area (Å²) in [6.07, 6.45) is 0.425. The minimum atomic E-state index is 0.242. The molecular weight excluding hydrogens is 211 g/mol. The van der Waals surface area contributed by atoms with Crippen molar-refractivity contribution >= 4 is 9.47 Å². The Bertz CT molecular complexity index is 152. The van der Waals surface area contributed by atoms with Gasteiger partial charge in [0.2, 0.25) is 0 Å². The molecule has 1 N–H and O–H groups in total. The standard InChI is InChI=1S/C6H15N.C4H8NO2P/c1-5(2)7-6(3)4;5-2-1-3-6-4-7-8/h5-7H,1-4H3;1,3-4,8H2. The number of nitrogens with one attached hydrogen (secondary N) is 1. The molecule has 0 fully saturated rings. The molecule has 5 heteroatoms. The van der Waals surface area contributed by atoms with Crippen LogP contribution in [0.15, 0.2) is 0 Å². The zero-order chi connectivity index (χ0) is 12.1. The third kappa shape index (κ3) is 24.8. The number of nitriles is 1. The first-order valence-electron chi connectivity index (χ1n) is 5.07. The number of hydrogen-bond acceptors (Lipinski definition) is 4. The van der Waals surface area contributed by atoms with Gasteiger partial charge in [-0.05, 0) is 0 Å². The van der Waals surface area contributed by atoms with E-state index in [2.05, 4.69) is 47.0 Å². The van der Waals surface area contributed by atoms with E-state index < -0.39 is 0 Å². The van der Waals surface area contributed by atoms with E-state index in [-0.39, 0.29) is 6.79 Å². The SMILES string of the molecule is CC(C)NC(C)C.N#CCCOCOP. The average Bonchev–Trinajstić information content (AvgIpc) is 2.11. The second-order valence-corrected chi connectivity index (χ2v) is 3.91. The third-order valence-electron chi connectivity index (χ3n) is 1.18. The van der Waals surface area contributed by atoms with E-state index in [1.54, 1.807) is 0 Å². The second-order valence-electron chi connectivity index (χ2n) is 3.58. The molecule has 0 aromatic carbocycles. The Kier molecular flexibility index (Phi) is 15.8. The summed E-state index contributed by atoms with van der Waals surface area (Å²) in [7, 11) is 2.06. The monoisotopic (exact) mass is 234 g/mol. The predicted molar refractivity (Wildman–Crippen MR) is 65.3 cm³/mol. The fourth-order valence-electron chi connectivity index (χ4n) is 0.892. The van der Waals surface area contributed by atoms with Gasteiger partial charge >= 0.3 is 0 Å². The molecule has 0 saturated carbocycles. The highest BCUT2D eigenvalue weighted by molar-refractivity contribution is 7.09. The molecule has 0 aromatic rings. The van der Waals surface area contributed by atoms with Crippen LogP contribution in [0, 0.1) is 11.3 Å². The molecule has 0 amide bonds. The smallest absolute Gasteiger partial charge is 0.149 e. The first-order chi connectivity index (χ1) is 7.04. The van der Waals surface area contributed by atoms with Crippen molar-refractivity contribution in [2.24, 2.45) is 0 Å². The maximum Gasteiger partial charge on any atom is 0.149 e. The van der Waals surface area contributed by atoms with Gasteiger partial charge in [-0.1, -0.05) is 27.7 Å². The molecule has 0 aromatic heterocycles. The van der Waals surface area contributed by atoms with Gasteiger partial charge < -0.3 is 14.6 Å². The molecule has 0 spiro atoms. The zero-order valence-corrected chi connectivity index (χ0v) is 11.3. The molecule has 0 heterocycles. The van der Waals surface area contributed by atoms with Gasteiger partial charge in [0.05, 0.1) is 19.1 Å². The normalized spacial score (nSPS) is 9.73. The van der Waals surface area contributed by atoms with Crippen LogP contribution in [0.3, 0.4) is 0 Å². The van der Waals surface area contributed by atoms with Crippen LogP contribution < -0.4 is 5.32 Å². The molecule has 1 unspecified atom stereocenters. The van der Waals surface area contributed by atoms with Gasteiger partial charge in [0.25, 0.3) is 0 Å². The Hall–Kier alpha value is -0.200. The van der Waals surface area contributed by atoms with E-state index >= 15 is 0 Å². The molecule has 90 valence electrons. The van der Waals surface area contributed by atoms with Crippen LogP contribution in [-0.4, -0.2) is 25.5 Å². The molecule has 0 aliphatic rings. The predicted octanol–water partition coefficient (Wildman–Crippen LogP) is 2.07. The lowest BCUT2D eigenvalue weighted by Gasteiger charge is -2.10. The highest BCUT2D eigenvalue weighted by Crippen LogP contribution is 1.86. The Labute approximate surface area is 95.6 Å². The molecule has 0 aliphatic carbocycles. The van der Waals surface area contributed by atoms with E-state index in [0.29, 0.717) is 25.1 Å². The summed E-state index contributed by atoms with van der Waals surface area (Å²) in [5.41, 5.74) is 0. The summed E-state index contributed by atoms with van der Waals surface area (Å²) in [4.78, 5) is 0. The van der Waals surface area contributed by atoms with Crippen LogP contribution in [0.2, 0.25) is 0 Å². The van der Waals surface area contributed by atoms with Gasteiger partial charge in [-0.2, -0.15) is 5.26 Å². The number of ether oxygens (including phenoxy) is 1. The van der Waals surface area contributed by atoms with Crippen molar-refractivity contribution in [2.75, 3.05) is 13.4 Å². The van der Waals surface area contributed by atoms with Crippen molar-refractivity contribution in [3.63, 3.8) is 0 Å². The molecule has 0 saturated heterocycles. The van der Waals surface area contributed by atoms with Gasteiger partial charge in [0.1, 0.15) is 6.79 Å². The van der Waals surface area contributed by atoms with Crippen molar-refractivity contribution < 1.29 is 9.26 Å². The molecule has 15 heavy (non-hydrogen) atoms. The van der Waals surface area contributed by atoms with Crippen molar-refractivity contribution in [2.45, 2.75) is 46.2 Å². The highest BCUT2D eigenvalue weighted by atomic mass is 31.0.